The summed E-state index contributed by atoms with van der Waals surface area (Å²) in [5.74, 6) is -1.09. The van der Waals surface area contributed by atoms with Gasteiger partial charge in [0.15, 0.2) is 0 Å². The molecule has 0 spiro atoms. The first-order valence-electron chi connectivity index (χ1n) is 8.87. The maximum atomic E-state index is 11.9. The van der Waals surface area contributed by atoms with Crippen molar-refractivity contribution in [2.75, 3.05) is 5.32 Å². The molecule has 0 radical (unpaired) electrons. The molecule has 0 unspecified atom stereocenters. The maximum absolute atomic E-state index is 11.9. The number of anilines is 1. The largest absolute Gasteiger partial charge is 0.489 e. The Balaban J connectivity index is 1.47. The third-order valence-corrected chi connectivity index (χ3v) is 4.63. The second kappa shape index (κ2) is 10.4. The fourth-order valence-electron chi connectivity index (χ4n) is 2.37. The molecular formula is C22H17Cl2N3O3. The van der Waals surface area contributed by atoms with Gasteiger partial charge in [0.25, 0.3) is 0 Å². The van der Waals surface area contributed by atoms with Gasteiger partial charge in [-0.05, 0) is 53.6 Å². The van der Waals surface area contributed by atoms with Crippen molar-refractivity contribution in [3.63, 3.8) is 0 Å². The van der Waals surface area contributed by atoms with Crippen LogP contribution in [0.1, 0.15) is 11.1 Å². The van der Waals surface area contributed by atoms with Crippen molar-refractivity contribution in [1.82, 2.24) is 5.43 Å². The molecule has 152 valence electrons. The summed E-state index contributed by atoms with van der Waals surface area (Å²) < 4.78 is 5.71. The lowest BCUT2D eigenvalue weighted by Crippen LogP contribution is -2.32. The number of hydrogen-bond donors (Lipinski definition) is 2. The maximum Gasteiger partial charge on any atom is 0.329 e. The third-order valence-electron chi connectivity index (χ3n) is 3.89. The molecule has 0 aliphatic rings. The number of benzene rings is 3. The SMILES string of the molecule is O=C(N/N=C/c1ccc(OCc2ccccc2)cc1)C(=O)Nc1ccc(Cl)c(Cl)c1. The highest BCUT2D eigenvalue weighted by atomic mass is 35.5. The molecule has 0 aromatic heterocycles. The van der Waals surface area contributed by atoms with Crippen LogP contribution >= 0.6 is 23.2 Å². The topological polar surface area (TPSA) is 79.8 Å². The molecule has 2 amide bonds. The van der Waals surface area contributed by atoms with E-state index >= 15 is 0 Å². The summed E-state index contributed by atoms with van der Waals surface area (Å²) in [7, 11) is 0. The first-order chi connectivity index (χ1) is 14.5. The summed E-state index contributed by atoms with van der Waals surface area (Å²) >= 11 is 11.7. The van der Waals surface area contributed by atoms with E-state index in [4.69, 9.17) is 27.9 Å². The first-order valence-corrected chi connectivity index (χ1v) is 9.63. The molecule has 0 atom stereocenters. The molecule has 3 aromatic rings. The molecule has 3 rings (SSSR count). The van der Waals surface area contributed by atoms with Gasteiger partial charge in [-0.1, -0.05) is 53.5 Å². The summed E-state index contributed by atoms with van der Waals surface area (Å²) in [5, 5.41) is 6.81. The molecule has 3 aromatic carbocycles. The van der Waals surface area contributed by atoms with Crippen LogP contribution in [0, 0.1) is 0 Å². The highest BCUT2D eigenvalue weighted by Gasteiger charge is 2.13. The Labute approximate surface area is 183 Å². The first kappa shape index (κ1) is 21.4. The smallest absolute Gasteiger partial charge is 0.329 e. The van der Waals surface area contributed by atoms with E-state index in [9.17, 15) is 9.59 Å². The number of rotatable bonds is 6. The van der Waals surface area contributed by atoms with Crippen LogP contribution in [0.3, 0.4) is 0 Å². The normalized spacial score (nSPS) is 10.6. The number of hydrogen-bond acceptors (Lipinski definition) is 4. The predicted molar refractivity (Wildman–Crippen MR) is 118 cm³/mol. The molecule has 0 aliphatic heterocycles. The van der Waals surface area contributed by atoms with E-state index in [1.54, 1.807) is 24.3 Å². The van der Waals surface area contributed by atoms with Crippen LogP contribution in [0.15, 0.2) is 77.9 Å². The Morgan fingerprint density at radius 2 is 1.63 bits per heavy atom. The number of hydrazone groups is 1. The minimum atomic E-state index is -0.917. The van der Waals surface area contributed by atoms with Crippen molar-refractivity contribution in [2.24, 2.45) is 5.10 Å². The van der Waals surface area contributed by atoms with E-state index in [0.29, 0.717) is 23.1 Å². The van der Waals surface area contributed by atoms with Gasteiger partial charge in [0, 0.05) is 5.69 Å². The lowest BCUT2D eigenvalue weighted by molar-refractivity contribution is -0.136. The van der Waals surface area contributed by atoms with E-state index in [1.807, 2.05) is 30.3 Å². The monoisotopic (exact) mass is 441 g/mol. The van der Waals surface area contributed by atoms with Crippen LogP contribution in [-0.4, -0.2) is 18.0 Å². The van der Waals surface area contributed by atoms with Crippen molar-refractivity contribution in [3.8, 4) is 5.75 Å². The molecule has 8 heteroatoms. The van der Waals surface area contributed by atoms with E-state index in [2.05, 4.69) is 15.8 Å². The average Bonchev–Trinajstić information content (AvgIpc) is 2.76. The number of halogens is 2. The molecule has 0 bridgehead atoms. The van der Waals surface area contributed by atoms with Crippen LogP contribution in [0.2, 0.25) is 10.0 Å². The molecule has 0 saturated carbocycles. The van der Waals surface area contributed by atoms with Crippen molar-refractivity contribution in [3.05, 3.63) is 94.0 Å². The zero-order valence-electron chi connectivity index (χ0n) is 15.6. The number of carbonyl (C=O) groups excluding carboxylic acids is 2. The van der Waals surface area contributed by atoms with Gasteiger partial charge in [0.1, 0.15) is 12.4 Å². The van der Waals surface area contributed by atoms with Gasteiger partial charge in [-0.25, -0.2) is 5.43 Å². The summed E-state index contributed by atoms with van der Waals surface area (Å²) in [4.78, 5) is 23.7. The van der Waals surface area contributed by atoms with E-state index in [1.165, 1.54) is 24.4 Å². The second-order valence-electron chi connectivity index (χ2n) is 6.13. The zero-order chi connectivity index (χ0) is 21.3. The zero-order valence-corrected chi connectivity index (χ0v) is 17.2. The van der Waals surface area contributed by atoms with E-state index in [0.717, 1.165) is 11.1 Å². The van der Waals surface area contributed by atoms with E-state index in [-0.39, 0.29) is 5.02 Å². The average molecular weight is 442 g/mol. The third kappa shape index (κ3) is 6.34. The summed E-state index contributed by atoms with van der Waals surface area (Å²) in [6.45, 7) is 0.471. The standard InChI is InChI=1S/C22H17Cl2N3O3/c23-19-11-8-17(12-20(19)24)26-21(28)22(29)27-25-13-15-6-9-18(10-7-15)30-14-16-4-2-1-3-5-16/h1-13H,14H2,(H,26,28)(H,27,29)/b25-13+. The number of nitrogens with zero attached hydrogens (tertiary/aromatic N) is 1. The Morgan fingerprint density at radius 1 is 0.900 bits per heavy atom. The molecule has 0 saturated heterocycles. The van der Waals surface area contributed by atoms with Crippen LogP contribution < -0.4 is 15.5 Å². The number of nitrogens with one attached hydrogen (secondary N) is 2. The van der Waals surface area contributed by atoms with Crippen LogP contribution in [0.4, 0.5) is 5.69 Å². The molecule has 2 N–H and O–H groups in total. The van der Waals surface area contributed by atoms with Crippen LogP contribution in [0.25, 0.3) is 0 Å². The Morgan fingerprint density at radius 3 is 2.33 bits per heavy atom. The predicted octanol–water partition coefficient (Wildman–Crippen LogP) is 4.66. The number of carbonyl (C=O) groups is 2. The van der Waals surface area contributed by atoms with Crippen molar-refractivity contribution in [1.29, 1.82) is 0 Å². The molecule has 30 heavy (non-hydrogen) atoms. The van der Waals surface area contributed by atoms with E-state index < -0.39 is 11.8 Å². The second-order valence-corrected chi connectivity index (χ2v) is 6.94. The Hall–Kier alpha value is -3.35. The van der Waals surface area contributed by atoms with Crippen LogP contribution in [0.5, 0.6) is 5.75 Å². The van der Waals surface area contributed by atoms with Gasteiger partial charge < -0.3 is 10.1 Å². The van der Waals surface area contributed by atoms with Gasteiger partial charge in [0.2, 0.25) is 0 Å². The molecule has 0 heterocycles. The quantitative estimate of drug-likeness (QED) is 0.331. The summed E-state index contributed by atoms with van der Waals surface area (Å²) in [6, 6.07) is 21.5. The lowest BCUT2D eigenvalue weighted by atomic mass is 10.2. The van der Waals surface area contributed by atoms with Gasteiger partial charge in [-0.15, -0.1) is 0 Å². The van der Waals surface area contributed by atoms with Gasteiger partial charge in [-0.2, -0.15) is 5.10 Å². The molecular weight excluding hydrogens is 425 g/mol. The Kier molecular flexibility index (Phi) is 7.43. The molecule has 0 fully saturated rings. The van der Waals surface area contributed by atoms with Crippen molar-refractivity contribution >= 4 is 46.9 Å². The number of ether oxygens (including phenoxy) is 1. The van der Waals surface area contributed by atoms with Gasteiger partial charge >= 0.3 is 11.8 Å². The minimum Gasteiger partial charge on any atom is -0.489 e. The minimum absolute atomic E-state index is 0.268. The van der Waals surface area contributed by atoms with Crippen molar-refractivity contribution < 1.29 is 14.3 Å². The van der Waals surface area contributed by atoms with Crippen molar-refractivity contribution in [2.45, 2.75) is 6.61 Å². The fraction of sp³-hybridized carbons (Fsp3) is 0.0455. The highest BCUT2D eigenvalue weighted by Crippen LogP contribution is 2.24. The van der Waals surface area contributed by atoms with Gasteiger partial charge in [0.05, 0.1) is 16.3 Å². The van der Waals surface area contributed by atoms with Gasteiger partial charge in [-0.3, -0.25) is 9.59 Å². The molecule has 0 aliphatic carbocycles. The Bertz CT molecular complexity index is 1050. The molecule has 6 nitrogen and oxygen atoms in total. The summed E-state index contributed by atoms with van der Waals surface area (Å²) in [6.07, 6.45) is 1.42. The lowest BCUT2D eigenvalue weighted by Gasteiger charge is -2.06. The summed E-state index contributed by atoms with van der Waals surface area (Å²) in [5.41, 5.74) is 4.32. The fourth-order valence-corrected chi connectivity index (χ4v) is 2.67. The van der Waals surface area contributed by atoms with Crippen LogP contribution in [-0.2, 0) is 16.2 Å². The number of amides is 2. The highest BCUT2D eigenvalue weighted by molar-refractivity contribution is 6.42.